The fourth-order valence-corrected chi connectivity index (χ4v) is 1.35. The van der Waals surface area contributed by atoms with Crippen molar-refractivity contribution in [3.8, 4) is 0 Å². The lowest BCUT2D eigenvalue weighted by Gasteiger charge is -1.99. The van der Waals surface area contributed by atoms with Gasteiger partial charge in [-0.15, -0.1) is 0 Å². The molecule has 74 valence electrons. The number of pyridine rings is 1. The van der Waals surface area contributed by atoms with E-state index in [1.54, 1.807) is 24.5 Å². The van der Waals surface area contributed by atoms with Gasteiger partial charge in [-0.25, -0.2) is 4.79 Å². The van der Waals surface area contributed by atoms with E-state index in [2.05, 4.69) is 4.98 Å². The van der Waals surface area contributed by atoms with E-state index in [9.17, 15) is 9.59 Å². The molecule has 1 aromatic carbocycles. The van der Waals surface area contributed by atoms with Crippen LogP contribution < -0.4 is 0 Å². The zero-order chi connectivity index (χ0) is 10.8. The monoisotopic (exact) mass is 201 g/mol. The fraction of sp³-hybridized carbons (Fsp3) is 0. The summed E-state index contributed by atoms with van der Waals surface area (Å²) in [5.41, 5.74) is 0.169. The SMILES string of the molecule is O=C(O)C(=O)c1ccc2ccncc2c1. The number of aromatic nitrogens is 1. The summed E-state index contributed by atoms with van der Waals surface area (Å²) in [4.78, 5) is 25.5. The van der Waals surface area contributed by atoms with Gasteiger partial charge in [0, 0.05) is 23.3 Å². The summed E-state index contributed by atoms with van der Waals surface area (Å²) >= 11 is 0. The van der Waals surface area contributed by atoms with Crippen LogP contribution in [-0.2, 0) is 4.79 Å². The molecule has 1 heterocycles. The minimum absolute atomic E-state index is 0.169. The number of nitrogens with zero attached hydrogens (tertiary/aromatic N) is 1. The molecule has 0 saturated carbocycles. The number of fused-ring (bicyclic) bond motifs is 1. The van der Waals surface area contributed by atoms with Crippen LogP contribution in [-0.4, -0.2) is 21.8 Å². The molecule has 2 aromatic rings. The van der Waals surface area contributed by atoms with Gasteiger partial charge in [-0.2, -0.15) is 0 Å². The van der Waals surface area contributed by atoms with Crippen molar-refractivity contribution < 1.29 is 14.7 Å². The second-order valence-electron chi connectivity index (χ2n) is 3.07. The van der Waals surface area contributed by atoms with Crippen molar-refractivity contribution >= 4 is 22.5 Å². The Bertz CT molecular complexity index is 548. The second-order valence-corrected chi connectivity index (χ2v) is 3.07. The van der Waals surface area contributed by atoms with E-state index in [0.29, 0.717) is 0 Å². The summed E-state index contributed by atoms with van der Waals surface area (Å²) in [5.74, 6) is -2.35. The van der Waals surface area contributed by atoms with Gasteiger partial charge in [0.1, 0.15) is 0 Å². The Hall–Kier alpha value is -2.23. The predicted molar refractivity (Wildman–Crippen MR) is 53.7 cm³/mol. The normalized spacial score (nSPS) is 10.1. The van der Waals surface area contributed by atoms with Gasteiger partial charge in [-0.1, -0.05) is 12.1 Å². The van der Waals surface area contributed by atoms with Gasteiger partial charge in [0.2, 0.25) is 0 Å². The fourth-order valence-electron chi connectivity index (χ4n) is 1.35. The number of rotatable bonds is 2. The lowest BCUT2D eigenvalue weighted by Crippen LogP contribution is -2.12. The first-order valence-corrected chi connectivity index (χ1v) is 4.30. The number of carboxylic acids is 1. The quantitative estimate of drug-likeness (QED) is 0.590. The third-order valence-electron chi connectivity index (χ3n) is 2.10. The van der Waals surface area contributed by atoms with Crippen LogP contribution >= 0.6 is 0 Å². The van der Waals surface area contributed by atoms with Gasteiger partial charge in [0.05, 0.1) is 0 Å². The van der Waals surface area contributed by atoms with E-state index in [0.717, 1.165) is 10.8 Å². The molecule has 1 N–H and O–H groups in total. The molecule has 15 heavy (non-hydrogen) atoms. The molecule has 1 aromatic heterocycles. The van der Waals surface area contributed by atoms with E-state index >= 15 is 0 Å². The lowest BCUT2D eigenvalue weighted by molar-refractivity contribution is -0.131. The highest BCUT2D eigenvalue weighted by Crippen LogP contribution is 2.14. The summed E-state index contributed by atoms with van der Waals surface area (Å²) in [5, 5.41) is 10.2. The first-order valence-electron chi connectivity index (χ1n) is 4.30. The van der Waals surface area contributed by atoms with Crippen LogP contribution in [0.1, 0.15) is 10.4 Å². The Morgan fingerprint density at radius 1 is 1.13 bits per heavy atom. The van der Waals surface area contributed by atoms with Crippen LogP contribution in [0.15, 0.2) is 36.7 Å². The lowest BCUT2D eigenvalue weighted by atomic mass is 10.1. The smallest absolute Gasteiger partial charge is 0.377 e. The highest BCUT2D eigenvalue weighted by atomic mass is 16.4. The number of carboxylic acid groups (broad SMARTS) is 1. The first-order chi connectivity index (χ1) is 7.18. The molecule has 0 atom stereocenters. The Balaban J connectivity index is 2.56. The molecule has 0 amide bonds. The van der Waals surface area contributed by atoms with Crippen LogP contribution in [0.3, 0.4) is 0 Å². The summed E-state index contributed by atoms with van der Waals surface area (Å²) in [7, 11) is 0. The topological polar surface area (TPSA) is 67.3 Å². The molecule has 0 spiro atoms. The van der Waals surface area contributed by atoms with E-state index < -0.39 is 11.8 Å². The molecule has 4 heteroatoms. The highest BCUT2D eigenvalue weighted by molar-refractivity contribution is 6.40. The van der Waals surface area contributed by atoms with Gasteiger partial charge in [0.25, 0.3) is 5.78 Å². The number of aliphatic carboxylic acids is 1. The standard InChI is InChI=1S/C11H7NO3/c13-10(11(14)15)8-2-1-7-3-4-12-6-9(7)5-8/h1-6H,(H,14,15). The van der Waals surface area contributed by atoms with Gasteiger partial charge < -0.3 is 5.11 Å². The van der Waals surface area contributed by atoms with E-state index in [1.165, 1.54) is 12.1 Å². The zero-order valence-electron chi connectivity index (χ0n) is 7.68. The maximum Gasteiger partial charge on any atom is 0.377 e. The second kappa shape index (κ2) is 3.49. The maximum absolute atomic E-state index is 11.2. The molecule has 0 aliphatic carbocycles. The molecular weight excluding hydrogens is 194 g/mol. The van der Waals surface area contributed by atoms with E-state index in [-0.39, 0.29) is 5.56 Å². The van der Waals surface area contributed by atoms with Gasteiger partial charge >= 0.3 is 5.97 Å². The summed E-state index contributed by atoms with van der Waals surface area (Å²) in [6, 6.07) is 6.52. The first kappa shape index (κ1) is 9.33. The minimum atomic E-state index is -1.45. The van der Waals surface area contributed by atoms with Crippen molar-refractivity contribution in [2.24, 2.45) is 0 Å². The summed E-state index contributed by atoms with van der Waals surface area (Å²) < 4.78 is 0. The van der Waals surface area contributed by atoms with Gasteiger partial charge in [-0.05, 0) is 17.5 Å². The number of carbonyl (C=O) groups is 2. The zero-order valence-corrected chi connectivity index (χ0v) is 7.68. The molecular formula is C11H7NO3. The number of hydrogen-bond donors (Lipinski definition) is 1. The Labute approximate surface area is 85.2 Å². The molecule has 0 unspecified atom stereocenters. The van der Waals surface area contributed by atoms with E-state index in [4.69, 9.17) is 5.11 Å². The van der Waals surface area contributed by atoms with Crippen LogP contribution in [0.4, 0.5) is 0 Å². The van der Waals surface area contributed by atoms with Crippen LogP contribution in [0, 0.1) is 0 Å². The largest absolute Gasteiger partial charge is 0.475 e. The van der Waals surface area contributed by atoms with Gasteiger partial charge in [-0.3, -0.25) is 9.78 Å². The Morgan fingerprint density at radius 2 is 1.93 bits per heavy atom. The Kier molecular flexibility index (Phi) is 2.17. The number of carbonyl (C=O) groups excluding carboxylic acids is 1. The van der Waals surface area contributed by atoms with Crippen molar-refractivity contribution in [2.45, 2.75) is 0 Å². The molecule has 4 nitrogen and oxygen atoms in total. The molecule has 0 radical (unpaired) electrons. The third kappa shape index (κ3) is 1.69. The molecule has 0 bridgehead atoms. The predicted octanol–water partition coefficient (Wildman–Crippen LogP) is 1.50. The molecule has 0 aliphatic heterocycles. The van der Waals surface area contributed by atoms with Crippen molar-refractivity contribution in [1.82, 2.24) is 4.98 Å². The molecule has 2 rings (SSSR count). The van der Waals surface area contributed by atoms with Crippen molar-refractivity contribution in [3.63, 3.8) is 0 Å². The summed E-state index contributed by atoms with van der Waals surface area (Å²) in [6.45, 7) is 0. The molecule has 0 aliphatic rings. The van der Waals surface area contributed by atoms with E-state index in [1.807, 2.05) is 0 Å². The average molecular weight is 201 g/mol. The van der Waals surface area contributed by atoms with Crippen molar-refractivity contribution in [2.75, 3.05) is 0 Å². The Morgan fingerprint density at radius 3 is 2.67 bits per heavy atom. The number of hydrogen-bond acceptors (Lipinski definition) is 3. The maximum atomic E-state index is 11.2. The average Bonchev–Trinajstić information content (AvgIpc) is 2.27. The summed E-state index contributed by atoms with van der Waals surface area (Å²) in [6.07, 6.45) is 3.23. The number of benzene rings is 1. The third-order valence-corrected chi connectivity index (χ3v) is 2.10. The minimum Gasteiger partial charge on any atom is -0.475 e. The van der Waals surface area contributed by atoms with Crippen molar-refractivity contribution in [3.05, 3.63) is 42.2 Å². The highest BCUT2D eigenvalue weighted by Gasteiger charge is 2.14. The van der Waals surface area contributed by atoms with Crippen LogP contribution in [0.2, 0.25) is 0 Å². The van der Waals surface area contributed by atoms with Crippen LogP contribution in [0.5, 0.6) is 0 Å². The molecule has 0 fully saturated rings. The van der Waals surface area contributed by atoms with Gasteiger partial charge in [0.15, 0.2) is 0 Å². The van der Waals surface area contributed by atoms with Crippen molar-refractivity contribution in [1.29, 1.82) is 0 Å². The van der Waals surface area contributed by atoms with Crippen LogP contribution in [0.25, 0.3) is 10.8 Å². The number of Topliss-reactive ketones (excluding diaryl/α,β-unsaturated/α-hetero) is 1. The molecule has 0 saturated heterocycles. The number of ketones is 1.